The van der Waals surface area contributed by atoms with Gasteiger partial charge < -0.3 is 21.1 Å². The van der Waals surface area contributed by atoms with Gasteiger partial charge in [-0.25, -0.2) is 0 Å². The van der Waals surface area contributed by atoms with E-state index in [-0.39, 0.29) is 58.6 Å². The van der Waals surface area contributed by atoms with Crippen LogP contribution in [0.1, 0.15) is 55.5 Å². The molecule has 7 nitrogen and oxygen atoms in total. The van der Waals surface area contributed by atoms with Crippen LogP contribution in [0.15, 0.2) is 24.3 Å². The summed E-state index contributed by atoms with van der Waals surface area (Å²) in [4.78, 5) is 37.7. The Bertz CT molecular complexity index is 1030. The molecule has 0 fully saturated rings. The average Bonchev–Trinajstić information content (AvgIpc) is 2.67. The first-order valence-electron chi connectivity index (χ1n) is 8.56. The summed E-state index contributed by atoms with van der Waals surface area (Å²) in [5, 5.41) is 32.0. The van der Waals surface area contributed by atoms with Crippen molar-refractivity contribution in [3.63, 3.8) is 0 Å². The van der Waals surface area contributed by atoms with E-state index in [4.69, 9.17) is 5.73 Å². The number of hydrogen-bond acceptors (Lipinski definition) is 7. The summed E-state index contributed by atoms with van der Waals surface area (Å²) >= 11 is 0. The molecule has 7 heteroatoms. The van der Waals surface area contributed by atoms with Crippen LogP contribution in [0, 0.1) is 5.92 Å². The fourth-order valence-corrected chi connectivity index (χ4v) is 4.08. The van der Waals surface area contributed by atoms with E-state index in [1.807, 2.05) is 0 Å². The van der Waals surface area contributed by atoms with Crippen LogP contribution in [0.25, 0.3) is 0 Å². The normalized spacial score (nSPS) is 20.7. The van der Waals surface area contributed by atoms with Gasteiger partial charge in [-0.15, -0.1) is 0 Å². The van der Waals surface area contributed by atoms with Crippen molar-refractivity contribution < 1.29 is 29.7 Å². The lowest BCUT2D eigenvalue weighted by Gasteiger charge is -2.31. The van der Waals surface area contributed by atoms with Gasteiger partial charge in [0.25, 0.3) is 0 Å². The molecule has 5 N–H and O–H groups in total. The van der Waals surface area contributed by atoms with Crippen LogP contribution >= 0.6 is 0 Å². The number of phenols is 2. The minimum Gasteiger partial charge on any atom is -0.507 e. The molecule has 2 aromatic carbocycles. The minimum atomic E-state index is -1.26. The molecule has 4 rings (SSSR count). The van der Waals surface area contributed by atoms with E-state index >= 15 is 0 Å². The standard InChI is InChI=1S/C20H17NO6/c21-7-13(23)8-5-11-14(12(22)6-8)20(27)16-15(19(11)26)17(24)9-3-1-2-4-10(9)18(16)25/h1-4,8,12,22,26-27H,5-7,21H2/t8-,12-/m0/s1. The quantitative estimate of drug-likeness (QED) is 0.496. The van der Waals surface area contributed by atoms with Gasteiger partial charge in [0, 0.05) is 28.2 Å². The molecule has 0 unspecified atom stereocenters. The minimum absolute atomic E-state index is 0.00662. The van der Waals surface area contributed by atoms with Crippen LogP contribution in [0.2, 0.25) is 0 Å². The molecule has 0 spiro atoms. The Balaban J connectivity index is 1.98. The first-order valence-corrected chi connectivity index (χ1v) is 8.56. The van der Waals surface area contributed by atoms with Crippen LogP contribution in [-0.2, 0) is 11.2 Å². The monoisotopic (exact) mass is 367 g/mol. The van der Waals surface area contributed by atoms with Gasteiger partial charge in [-0.1, -0.05) is 24.3 Å². The molecule has 27 heavy (non-hydrogen) atoms. The molecule has 0 bridgehead atoms. The summed E-state index contributed by atoms with van der Waals surface area (Å²) in [6.45, 7) is -0.213. The summed E-state index contributed by atoms with van der Waals surface area (Å²) in [5.41, 5.74) is 5.17. The smallest absolute Gasteiger partial charge is 0.198 e. The number of aromatic hydroxyl groups is 2. The van der Waals surface area contributed by atoms with Gasteiger partial charge >= 0.3 is 0 Å². The predicted molar refractivity (Wildman–Crippen MR) is 93.9 cm³/mol. The first-order chi connectivity index (χ1) is 12.9. The topological polar surface area (TPSA) is 138 Å². The van der Waals surface area contributed by atoms with E-state index in [1.165, 1.54) is 12.1 Å². The third-order valence-corrected chi connectivity index (χ3v) is 5.41. The van der Waals surface area contributed by atoms with Gasteiger partial charge in [-0.05, 0) is 12.8 Å². The number of aliphatic hydroxyl groups excluding tert-OH is 1. The zero-order valence-electron chi connectivity index (χ0n) is 14.2. The van der Waals surface area contributed by atoms with Gasteiger partial charge in [0.1, 0.15) is 17.3 Å². The first kappa shape index (κ1) is 17.4. The molecule has 2 aliphatic rings. The largest absolute Gasteiger partial charge is 0.507 e. The highest BCUT2D eigenvalue weighted by molar-refractivity contribution is 6.30. The van der Waals surface area contributed by atoms with Crippen molar-refractivity contribution in [1.82, 2.24) is 0 Å². The molecule has 0 heterocycles. The number of rotatable bonds is 2. The molecule has 2 aliphatic carbocycles. The summed E-state index contributed by atoms with van der Waals surface area (Å²) in [6.07, 6.45) is -1.21. The zero-order valence-corrected chi connectivity index (χ0v) is 14.2. The van der Waals surface area contributed by atoms with E-state index in [9.17, 15) is 29.7 Å². The van der Waals surface area contributed by atoms with Crippen molar-refractivity contribution in [3.05, 3.63) is 57.6 Å². The second-order valence-corrected chi connectivity index (χ2v) is 6.87. The average molecular weight is 367 g/mol. The lowest BCUT2D eigenvalue weighted by atomic mass is 9.74. The number of benzene rings is 2. The zero-order chi connectivity index (χ0) is 19.5. The van der Waals surface area contributed by atoms with Gasteiger partial charge in [0.2, 0.25) is 0 Å². The number of phenolic OH excluding ortho intramolecular Hbond substituents is 2. The Labute approximate surface area is 154 Å². The summed E-state index contributed by atoms with van der Waals surface area (Å²) in [5.74, 6) is -3.09. The van der Waals surface area contributed by atoms with E-state index in [0.29, 0.717) is 0 Å². The van der Waals surface area contributed by atoms with Crippen LogP contribution in [0.4, 0.5) is 0 Å². The Morgan fingerprint density at radius 2 is 1.59 bits per heavy atom. The van der Waals surface area contributed by atoms with Crippen LogP contribution < -0.4 is 5.73 Å². The molecule has 2 aromatic rings. The molecule has 0 saturated heterocycles. The van der Waals surface area contributed by atoms with Crippen molar-refractivity contribution >= 4 is 17.3 Å². The maximum Gasteiger partial charge on any atom is 0.198 e. The molecular weight excluding hydrogens is 350 g/mol. The number of fused-ring (bicyclic) bond motifs is 3. The molecule has 0 aliphatic heterocycles. The third-order valence-electron chi connectivity index (χ3n) is 5.41. The number of nitrogens with two attached hydrogens (primary N) is 1. The molecule has 0 aromatic heterocycles. The maximum absolute atomic E-state index is 12.9. The van der Waals surface area contributed by atoms with Crippen molar-refractivity contribution in [1.29, 1.82) is 0 Å². The fraction of sp³-hybridized carbons (Fsp3) is 0.250. The van der Waals surface area contributed by atoms with Gasteiger partial charge in [-0.3, -0.25) is 14.4 Å². The second-order valence-electron chi connectivity index (χ2n) is 6.87. The molecule has 0 saturated carbocycles. The molecule has 138 valence electrons. The molecular formula is C20H17NO6. The highest BCUT2D eigenvalue weighted by Gasteiger charge is 2.41. The molecule has 0 radical (unpaired) electrons. The number of aliphatic hydroxyl groups is 1. The second kappa shape index (κ2) is 6.00. The van der Waals surface area contributed by atoms with E-state index in [0.717, 1.165) is 0 Å². The number of hydrogen-bond donors (Lipinski definition) is 4. The van der Waals surface area contributed by atoms with E-state index < -0.39 is 35.1 Å². The van der Waals surface area contributed by atoms with E-state index in [1.54, 1.807) is 12.1 Å². The highest BCUT2D eigenvalue weighted by Crippen LogP contribution is 2.49. The van der Waals surface area contributed by atoms with Crippen molar-refractivity contribution in [2.45, 2.75) is 18.9 Å². The number of carbonyl (C=O) groups excluding carboxylic acids is 3. The Morgan fingerprint density at radius 1 is 1.04 bits per heavy atom. The SMILES string of the molecule is NCC(=O)[C@H]1Cc2c(O)c3c(c(O)c2[C@@H](O)C1)C(=O)c1ccccc1C3=O. The number of ketones is 3. The van der Waals surface area contributed by atoms with Crippen molar-refractivity contribution in [2.24, 2.45) is 11.7 Å². The van der Waals surface area contributed by atoms with Crippen LogP contribution in [0.5, 0.6) is 11.5 Å². The lowest BCUT2D eigenvalue weighted by Crippen LogP contribution is -2.31. The maximum atomic E-state index is 12.9. The number of carbonyl (C=O) groups is 3. The van der Waals surface area contributed by atoms with Crippen molar-refractivity contribution in [3.8, 4) is 11.5 Å². The summed E-state index contributed by atoms with van der Waals surface area (Å²) in [7, 11) is 0. The van der Waals surface area contributed by atoms with Crippen LogP contribution in [-0.4, -0.2) is 39.2 Å². The fourth-order valence-electron chi connectivity index (χ4n) is 4.08. The van der Waals surface area contributed by atoms with Gasteiger partial charge in [0.15, 0.2) is 11.6 Å². The third kappa shape index (κ3) is 2.32. The molecule has 0 amide bonds. The Morgan fingerprint density at radius 3 is 2.15 bits per heavy atom. The van der Waals surface area contributed by atoms with Gasteiger partial charge in [-0.2, -0.15) is 0 Å². The number of Topliss-reactive ketones (excluding diaryl/α,β-unsaturated/α-hetero) is 1. The summed E-state index contributed by atoms with van der Waals surface area (Å²) in [6, 6.07) is 6.15. The molecule has 2 atom stereocenters. The Kier molecular flexibility index (Phi) is 3.87. The Hall–Kier alpha value is -3.03. The van der Waals surface area contributed by atoms with Gasteiger partial charge in [0.05, 0.1) is 23.8 Å². The lowest BCUT2D eigenvalue weighted by molar-refractivity contribution is -0.122. The van der Waals surface area contributed by atoms with Crippen LogP contribution in [0.3, 0.4) is 0 Å². The predicted octanol–water partition coefficient (Wildman–Crippen LogP) is 0.997. The van der Waals surface area contributed by atoms with E-state index in [2.05, 4.69) is 0 Å². The van der Waals surface area contributed by atoms with Crippen molar-refractivity contribution in [2.75, 3.05) is 6.54 Å². The summed E-state index contributed by atoms with van der Waals surface area (Å²) < 4.78 is 0. The highest BCUT2D eigenvalue weighted by atomic mass is 16.3.